The molecule has 0 aliphatic carbocycles. The first-order chi connectivity index (χ1) is 12.0. The van der Waals surface area contributed by atoms with Gasteiger partial charge in [-0.15, -0.1) is 0 Å². The molecule has 128 valence electrons. The minimum absolute atomic E-state index is 0.121. The molecule has 0 saturated heterocycles. The molecule has 3 aromatic rings. The Balaban J connectivity index is 2.00. The Morgan fingerprint density at radius 3 is 2.80 bits per heavy atom. The first kappa shape index (κ1) is 16.8. The number of aryl methyl sites for hydroxylation is 2. The lowest BCUT2D eigenvalue weighted by Gasteiger charge is -2.15. The second-order valence-corrected chi connectivity index (χ2v) is 5.96. The maximum Gasteiger partial charge on any atom is 0.257 e. The summed E-state index contributed by atoms with van der Waals surface area (Å²) in [7, 11) is 0. The summed E-state index contributed by atoms with van der Waals surface area (Å²) in [5, 5.41) is 3.32. The largest absolute Gasteiger partial charge is 0.345 e. The lowest BCUT2D eigenvalue weighted by atomic mass is 10.1. The van der Waals surface area contributed by atoms with E-state index in [9.17, 15) is 9.59 Å². The molecule has 25 heavy (non-hydrogen) atoms. The van der Waals surface area contributed by atoms with Crippen LogP contribution in [-0.2, 0) is 6.54 Å². The molecule has 3 aromatic heterocycles. The predicted octanol–water partition coefficient (Wildman–Crippen LogP) is 2.61. The fourth-order valence-corrected chi connectivity index (χ4v) is 2.75. The second-order valence-electron chi connectivity index (χ2n) is 5.96. The van der Waals surface area contributed by atoms with Crippen LogP contribution in [0.5, 0.6) is 0 Å². The van der Waals surface area contributed by atoms with Crippen LogP contribution in [0.4, 0.5) is 0 Å². The highest BCUT2D eigenvalue weighted by molar-refractivity contribution is 5.97. The number of aromatic nitrogens is 3. The first-order valence-corrected chi connectivity index (χ1v) is 8.23. The van der Waals surface area contributed by atoms with Crippen molar-refractivity contribution in [2.24, 2.45) is 0 Å². The summed E-state index contributed by atoms with van der Waals surface area (Å²) in [5.74, 6) is -0.397. The van der Waals surface area contributed by atoms with Crippen molar-refractivity contribution in [3.8, 4) is 0 Å². The molecule has 0 spiro atoms. The van der Waals surface area contributed by atoms with E-state index in [-0.39, 0.29) is 17.0 Å². The second kappa shape index (κ2) is 6.84. The summed E-state index contributed by atoms with van der Waals surface area (Å²) >= 11 is 0. The number of rotatable bonds is 4. The zero-order chi connectivity index (χ0) is 18.0. The van der Waals surface area contributed by atoms with E-state index in [1.54, 1.807) is 30.7 Å². The van der Waals surface area contributed by atoms with Crippen LogP contribution in [0, 0.1) is 6.92 Å². The molecule has 6 heteroatoms. The van der Waals surface area contributed by atoms with Gasteiger partial charge < -0.3 is 9.88 Å². The van der Waals surface area contributed by atoms with Gasteiger partial charge in [-0.05, 0) is 44.5 Å². The first-order valence-electron chi connectivity index (χ1n) is 8.23. The van der Waals surface area contributed by atoms with Gasteiger partial charge >= 0.3 is 0 Å². The van der Waals surface area contributed by atoms with Gasteiger partial charge in [0, 0.05) is 30.8 Å². The number of hydrogen-bond acceptors (Lipinski definition) is 4. The van der Waals surface area contributed by atoms with Gasteiger partial charge in [-0.2, -0.15) is 0 Å². The number of amides is 1. The smallest absolute Gasteiger partial charge is 0.257 e. The minimum atomic E-state index is -0.397. The number of nitrogens with zero attached hydrogens (tertiary/aromatic N) is 3. The molecule has 3 heterocycles. The summed E-state index contributed by atoms with van der Waals surface area (Å²) in [4.78, 5) is 33.9. The van der Waals surface area contributed by atoms with Gasteiger partial charge in [0.1, 0.15) is 11.2 Å². The van der Waals surface area contributed by atoms with Gasteiger partial charge in [-0.1, -0.05) is 6.07 Å². The van der Waals surface area contributed by atoms with E-state index in [0.29, 0.717) is 17.6 Å². The molecule has 0 bridgehead atoms. The van der Waals surface area contributed by atoms with Crippen LogP contribution >= 0.6 is 0 Å². The van der Waals surface area contributed by atoms with Crippen LogP contribution in [0.25, 0.3) is 11.0 Å². The van der Waals surface area contributed by atoms with Gasteiger partial charge in [0.05, 0.1) is 11.4 Å². The number of carbonyl (C=O) groups is 1. The van der Waals surface area contributed by atoms with Crippen molar-refractivity contribution in [1.82, 2.24) is 19.9 Å². The molecule has 0 aliphatic heterocycles. The number of nitrogens with one attached hydrogen (secondary N) is 1. The topological polar surface area (TPSA) is 76.9 Å². The molecule has 0 fully saturated rings. The van der Waals surface area contributed by atoms with Crippen LogP contribution < -0.4 is 10.7 Å². The number of hydrogen-bond donors (Lipinski definition) is 1. The Labute approximate surface area is 145 Å². The number of fused-ring (bicyclic) bond motifs is 1. The third-order valence-corrected chi connectivity index (χ3v) is 4.18. The van der Waals surface area contributed by atoms with E-state index in [2.05, 4.69) is 15.3 Å². The summed E-state index contributed by atoms with van der Waals surface area (Å²) in [6.45, 7) is 6.30. The Morgan fingerprint density at radius 1 is 1.32 bits per heavy atom. The Bertz CT molecular complexity index is 980. The van der Waals surface area contributed by atoms with Crippen molar-refractivity contribution < 1.29 is 4.79 Å². The van der Waals surface area contributed by atoms with Crippen molar-refractivity contribution >= 4 is 16.9 Å². The van der Waals surface area contributed by atoms with E-state index >= 15 is 0 Å². The molecule has 3 rings (SSSR count). The van der Waals surface area contributed by atoms with Crippen molar-refractivity contribution in [3.63, 3.8) is 0 Å². The lowest BCUT2D eigenvalue weighted by Crippen LogP contribution is -2.32. The third-order valence-electron chi connectivity index (χ3n) is 4.18. The highest BCUT2D eigenvalue weighted by Gasteiger charge is 2.18. The monoisotopic (exact) mass is 336 g/mol. The molecule has 1 amide bonds. The average Bonchev–Trinajstić information content (AvgIpc) is 2.62. The van der Waals surface area contributed by atoms with E-state index < -0.39 is 5.91 Å². The minimum Gasteiger partial charge on any atom is -0.345 e. The molecule has 0 aromatic carbocycles. The molecular weight excluding hydrogens is 316 g/mol. The van der Waals surface area contributed by atoms with E-state index in [1.165, 1.54) is 0 Å². The highest BCUT2D eigenvalue weighted by atomic mass is 16.2. The molecule has 0 saturated carbocycles. The quantitative estimate of drug-likeness (QED) is 0.794. The van der Waals surface area contributed by atoms with Crippen molar-refractivity contribution in [2.75, 3.05) is 0 Å². The molecule has 1 unspecified atom stereocenters. The Kier molecular flexibility index (Phi) is 4.61. The van der Waals surface area contributed by atoms with E-state index in [1.807, 2.05) is 37.5 Å². The molecule has 1 N–H and O–H groups in total. The lowest BCUT2D eigenvalue weighted by molar-refractivity contribution is 0.0938. The average molecular weight is 336 g/mol. The molecule has 6 nitrogen and oxygen atoms in total. The van der Waals surface area contributed by atoms with Gasteiger partial charge in [-0.3, -0.25) is 14.6 Å². The number of carbonyl (C=O) groups excluding carboxylic acids is 1. The van der Waals surface area contributed by atoms with Crippen LogP contribution in [0.1, 0.15) is 41.5 Å². The number of pyridine rings is 3. The molecular formula is C19H20N4O2. The summed E-state index contributed by atoms with van der Waals surface area (Å²) in [6.07, 6.45) is 4.96. The zero-order valence-electron chi connectivity index (χ0n) is 14.5. The molecule has 1 atom stereocenters. The Hall–Kier alpha value is -3.02. The molecule has 0 aliphatic rings. The fourth-order valence-electron chi connectivity index (χ4n) is 2.75. The summed E-state index contributed by atoms with van der Waals surface area (Å²) in [6, 6.07) is 6.96. The van der Waals surface area contributed by atoms with E-state index in [0.717, 1.165) is 11.3 Å². The SMILES string of the molecule is CCn1cc(C(=O)NC(C)c2cccnc2)c(=O)c2ccc(C)nc21. The van der Waals surface area contributed by atoms with E-state index in [4.69, 9.17) is 0 Å². The van der Waals surface area contributed by atoms with Crippen LogP contribution in [-0.4, -0.2) is 20.4 Å². The van der Waals surface area contributed by atoms with Gasteiger partial charge in [0.25, 0.3) is 5.91 Å². The van der Waals surface area contributed by atoms with Crippen LogP contribution in [0.15, 0.2) is 47.7 Å². The van der Waals surface area contributed by atoms with Gasteiger partial charge in [0.2, 0.25) is 5.43 Å². The maximum atomic E-state index is 12.7. The summed E-state index contributed by atoms with van der Waals surface area (Å²) < 4.78 is 1.83. The van der Waals surface area contributed by atoms with Gasteiger partial charge in [-0.25, -0.2) is 4.98 Å². The van der Waals surface area contributed by atoms with Gasteiger partial charge in [0.15, 0.2) is 0 Å². The van der Waals surface area contributed by atoms with Crippen molar-refractivity contribution in [1.29, 1.82) is 0 Å². The van der Waals surface area contributed by atoms with Crippen LogP contribution in [0.2, 0.25) is 0 Å². The highest BCUT2D eigenvalue weighted by Crippen LogP contribution is 2.13. The molecule has 0 radical (unpaired) electrons. The maximum absolute atomic E-state index is 12.7. The van der Waals surface area contributed by atoms with Crippen LogP contribution in [0.3, 0.4) is 0 Å². The predicted molar refractivity (Wildman–Crippen MR) is 96.5 cm³/mol. The Morgan fingerprint density at radius 2 is 2.12 bits per heavy atom. The normalized spacial score (nSPS) is 12.1. The standard InChI is InChI=1S/C19H20N4O2/c1-4-23-11-16(17(24)15-8-7-12(2)21-18(15)23)19(25)22-13(3)14-6-5-9-20-10-14/h5-11,13H,4H2,1-3H3,(H,22,25). The summed E-state index contributed by atoms with van der Waals surface area (Å²) in [5.41, 5.74) is 2.13. The van der Waals surface area contributed by atoms with Crippen molar-refractivity contribution in [3.05, 3.63) is 69.9 Å². The fraction of sp³-hybridized carbons (Fsp3) is 0.263. The third kappa shape index (κ3) is 3.28. The zero-order valence-corrected chi connectivity index (χ0v) is 14.5. The van der Waals surface area contributed by atoms with Crippen molar-refractivity contribution in [2.45, 2.75) is 33.4 Å².